The predicted molar refractivity (Wildman–Crippen MR) is 99.9 cm³/mol. The van der Waals surface area contributed by atoms with E-state index in [0.29, 0.717) is 11.4 Å². The fourth-order valence-electron chi connectivity index (χ4n) is 2.50. The molecule has 4 nitrogen and oxygen atoms in total. The van der Waals surface area contributed by atoms with E-state index in [1.54, 1.807) is 0 Å². The number of anilines is 1. The predicted octanol–water partition coefficient (Wildman–Crippen LogP) is 4.48. The van der Waals surface area contributed by atoms with Gasteiger partial charge in [-0.1, -0.05) is 60.7 Å². The molecule has 0 atom stereocenters. The summed E-state index contributed by atoms with van der Waals surface area (Å²) in [5.74, 6) is -1.16. The first-order valence-electron chi connectivity index (χ1n) is 8.01. The topological polar surface area (TPSA) is 50.7 Å². The molecule has 0 heterocycles. The van der Waals surface area contributed by atoms with Crippen LogP contribution in [0.3, 0.4) is 0 Å². The number of hydrogen-bond donors (Lipinski definition) is 1. The number of nitrogens with zero attached hydrogens (tertiary/aromatic N) is 1. The summed E-state index contributed by atoms with van der Waals surface area (Å²) in [6.45, 7) is 0. The van der Waals surface area contributed by atoms with Crippen LogP contribution in [0.4, 0.5) is 10.1 Å². The maximum absolute atomic E-state index is 13.8. The van der Waals surface area contributed by atoms with Crippen molar-refractivity contribution in [1.82, 2.24) is 0 Å². The quantitative estimate of drug-likeness (QED) is 0.420. The monoisotopic (exact) mass is 348 g/mol. The highest BCUT2D eigenvalue weighted by molar-refractivity contribution is 6.13. The van der Waals surface area contributed by atoms with Gasteiger partial charge >= 0.3 is 5.97 Å². The van der Waals surface area contributed by atoms with Crippen molar-refractivity contribution in [2.24, 2.45) is 5.10 Å². The van der Waals surface area contributed by atoms with E-state index in [4.69, 9.17) is 0 Å². The van der Waals surface area contributed by atoms with Crippen LogP contribution in [0, 0.1) is 5.82 Å². The van der Waals surface area contributed by atoms with E-state index < -0.39 is 11.8 Å². The summed E-state index contributed by atoms with van der Waals surface area (Å²) in [6.07, 6.45) is 0. The van der Waals surface area contributed by atoms with E-state index in [1.165, 1.54) is 19.2 Å². The number of carbonyl (C=O) groups excluding carboxylic acids is 1. The summed E-state index contributed by atoms with van der Waals surface area (Å²) in [4.78, 5) is 11.6. The van der Waals surface area contributed by atoms with Crippen LogP contribution in [0.1, 0.15) is 21.5 Å². The molecule has 0 aliphatic rings. The third-order valence-corrected chi connectivity index (χ3v) is 3.71. The molecule has 0 saturated heterocycles. The highest BCUT2D eigenvalue weighted by atomic mass is 19.1. The lowest BCUT2D eigenvalue weighted by molar-refractivity contribution is 0.0600. The summed E-state index contributed by atoms with van der Waals surface area (Å²) >= 11 is 0. The zero-order chi connectivity index (χ0) is 18.4. The van der Waals surface area contributed by atoms with Gasteiger partial charge < -0.3 is 4.74 Å². The van der Waals surface area contributed by atoms with E-state index in [2.05, 4.69) is 15.3 Å². The van der Waals surface area contributed by atoms with Gasteiger partial charge in [0.2, 0.25) is 0 Å². The smallest absolute Gasteiger partial charge is 0.338 e. The number of esters is 1. The molecule has 3 aromatic rings. The van der Waals surface area contributed by atoms with E-state index in [-0.39, 0.29) is 5.56 Å². The summed E-state index contributed by atoms with van der Waals surface area (Å²) < 4.78 is 18.4. The number of nitrogens with one attached hydrogen (secondary N) is 1. The van der Waals surface area contributed by atoms with Gasteiger partial charge in [-0.25, -0.2) is 9.18 Å². The van der Waals surface area contributed by atoms with Crippen molar-refractivity contribution in [3.05, 3.63) is 101 Å². The number of halogens is 1. The highest BCUT2D eigenvalue weighted by Gasteiger charge is 2.10. The fraction of sp³-hybridized carbons (Fsp3) is 0.0476. The molecule has 0 aliphatic heterocycles. The largest absolute Gasteiger partial charge is 0.465 e. The Labute approximate surface area is 150 Å². The zero-order valence-electron chi connectivity index (χ0n) is 14.1. The summed E-state index contributed by atoms with van der Waals surface area (Å²) in [6, 6.07) is 23.2. The Bertz CT molecular complexity index is 884. The molecule has 0 saturated carbocycles. The molecule has 3 rings (SSSR count). The minimum Gasteiger partial charge on any atom is -0.465 e. The van der Waals surface area contributed by atoms with Crippen molar-refractivity contribution in [1.29, 1.82) is 0 Å². The van der Waals surface area contributed by atoms with Crippen LogP contribution >= 0.6 is 0 Å². The van der Waals surface area contributed by atoms with Gasteiger partial charge in [0.1, 0.15) is 5.82 Å². The Hall–Kier alpha value is -3.47. The van der Waals surface area contributed by atoms with Gasteiger partial charge in [-0.05, 0) is 18.2 Å². The molecule has 0 radical (unpaired) electrons. The van der Waals surface area contributed by atoms with Gasteiger partial charge in [0, 0.05) is 11.1 Å². The summed E-state index contributed by atoms with van der Waals surface area (Å²) in [5, 5.41) is 4.45. The van der Waals surface area contributed by atoms with Crippen molar-refractivity contribution < 1.29 is 13.9 Å². The normalized spacial score (nSPS) is 10.1. The first-order valence-corrected chi connectivity index (χ1v) is 8.01. The van der Waals surface area contributed by atoms with Crippen molar-refractivity contribution in [2.75, 3.05) is 12.5 Å². The number of benzene rings is 3. The zero-order valence-corrected chi connectivity index (χ0v) is 14.1. The van der Waals surface area contributed by atoms with Crippen LogP contribution in [0.2, 0.25) is 0 Å². The molecule has 0 amide bonds. The molecule has 1 N–H and O–H groups in total. The van der Waals surface area contributed by atoms with Crippen molar-refractivity contribution in [2.45, 2.75) is 0 Å². The molecule has 26 heavy (non-hydrogen) atoms. The Kier molecular flexibility index (Phi) is 5.39. The van der Waals surface area contributed by atoms with Gasteiger partial charge in [-0.15, -0.1) is 0 Å². The first-order chi connectivity index (χ1) is 12.7. The number of rotatable bonds is 5. The lowest BCUT2D eigenvalue weighted by Crippen LogP contribution is -2.07. The molecular formula is C21H17FN2O2. The molecule has 5 heteroatoms. The molecular weight excluding hydrogens is 331 g/mol. The van der Waals surface area contributed by atoms with Crippen LogP contribution in [-0.4, -0.2) is 18.8 Å². The number of methoxy groups -OCH3 is 1. The first kappa shape index (κ1) is 17.4. The minimum atomic E-state index is -0.608. The van der Waals surface area contributed by atoms with Gasteiger partial charge in [-0.2, -0.15) is 5.10 Å². The van der Waals surface area contributed by atoms with Gasteiger partial charge in [0.15, 0.2) is 0 Å². The third kappa shape index (κ3) is 4.13. The molecule has 0 bridgehead atoms. The molecule has 0 fully saturated rings. The Morgan fingerprint density at radius 3 is 2.00 bits per heavy atom. The fourth-order valence-corrected chi connectivity index (χ4v) is 2.50. The second kappa shape index (κ2) is 8.07. The molecule has 0 aliphatic carbocycles. The Morgan fingerprint density at radius 2 is 1.46 bits per heavy atom. The number of ether oxygens (including phenoxy) is 1. The second-order valence-electron chi connectivity index (χ2n) is 5.52. The lowest BCUT2D eigenvalue weighted by Gasteiger charge is -2.09. The highest BCUT2D eigenvalue weighted by Crippen LogP contribution is 2.17. The van der Waals surface area contributed by atoms with E-state index in [0.717, 1.165) is 17.2 Å². The second-order valence-corrected chi connectivity index (χ2v) is 5.52. The van der Waals surface area contributed by atoms with Gasteiger partial charge in [0.05, 0.1) is 24.1 Å². The van der Waals surface area contributed by atoms with Crippen LogP contribution in [0.25, 0.3) is 0 Å². The number of carbonyl (C=O) groups is 1. The average Bonchev–Trinajstić information content (AvgIpc) is 2.69. The van der Waals surface area contributed by atoms with Gasteiger partial charge in [-0.3, -0.25) is 5.43 Å². The standard InChI is InChI=1S/C21H17FN2O2/c1-26-21(25)17-12-18(22)14-19(13-17)23-24-20(15-8-4-2-5-9-15)16-10-6-3-7-11-16/h2-14,23H,1H3. The minimum absolute atomic E-state index is 0.117. The third-order valence-electron chi connectivity index (χ3n) is 3.71. The van der Waals surface area contributed by atoms with E-state index >= 15 is 0 Å². The van der Waals surface area contributed by atoms with Crippen LogP contribution < -0.4 is 5.43 Å². The van der Waals surface area contributed by atoms with Crippen LogP contribution in [0.15, 0.2) is 84.0 Å². The SMILES string of the molecule is COC(=O)c1cc(F)cc(NN=C(c2ccccc2)c2ccccc2)c1. The molecule has 0 unspecified atom stereocenters. The van der Waals surface area contributed by atoms with Crippen molar-refractivity contribution >= 4 is 17.4 Å². The molecule has 130 valence electrons. The van der Waals surface area contributed by atoms with E-state index in [1.807, 2.05) is 60.7 Å². The van der Waals surface area contributed by atoms with Crippen LogP contribution in [0.5, 0.6) is 0 Å². The molecule has 0 spiro atoms. The average molecular weight is 348 g/mol. The van der Waals surface area contributed by atoms with E-state index in [9.17, 15) is 9.18 Å². The maximum atomic E-state index is 13.8. The van der Waals surface area contributed by atoms with Crippen molar-refractivity contribution in [3.63, 3.8) is 0 Å². The Balaban J connectivity index is 1.97. The number of hydrogen-bond acceptors (Lipinski definition) is 4. The maximum Gasteiger partial charge on any atom is 0.338 e. The molecule has 0 aromatic heterocycles. The number of hydrazone groups is 1. The lowest BCUT2D eigenvalue weighted by atomic mass is 10.0. The Morgan fingerprint density at radius 1 is 0.885 bits per heavy atom. The summed E-state index contributed by atoms with van der Waals surface area (Å²) in [5.41, 5.74) is 5.84. The van der Waals surface area contributed by atoms with Gasteiger partial charge in [0.25, 0.3) is 0 Å². The van der Waals surface area contributed by atoms with Crippen LogP contribution in [-0.2, 0) is 4.74 Å². The van der Waals surface area contributed by atoms with Crippen molar-refractivity contribution in [3.8, 4) is 0 Å². The molecule has 3 aromatic carbocycles. The summed E-state index contributed by atoms with van der Waals surface area (Å²) in [7, 11) is 1.25.